The lowest BCUT2D eigenvalue weighted by molar-refractivity contribution is -0.137. The Morgan fingerprint density at radius 2 is 1.69 bits per heavy atom. The SMILES string of the molecule is CCOc1ccc(Cl)cc1S(=O)(=O)NC(Cc1ccccc1)C(=O)Nc1ccc(C(F)(F)F)cc1. The fraction of sp³-hybridized carbons (Fsp3) is 0.208. The van der Waals surface area contributed by atoms with Crippen LogP contribution in [0.1, 0.15) is 18.1 Å². The first-order chi connectivity index (χ1) is 16.5. The lowest BCUT2D eigenvalue weighted by atomic mass is 10.1. The number of hydrogen-bond acceptors (Lipinski definition) is 4. The summed E-state index contributed by atoms with van der Waals surface area (Å²) in [6.07, 6.45) is -4.54. The van der Waals surface area contributed by atoms with Crippen LogP contribution in [0.4, 0.5) is 18.9 Å². The van der Waals surface area contributed by atoms with Gasteiger partial charge in [-0.15, -0.1) is 0 Å². The molecule has 0 saturated carbocycles. The molecule has 3 aromatic carbocycles. The number of carbonyl (C=O) groups is 1. The summed E-state index contributed by atoms with van der Waals surface area (Å²) in [6.45, 7) is 1.89. The minimum Gasteiger partial charge on any atom is -0.492 e. The molecule has 0 heterocycles. The number of alkyl halides is 3. The average Bonchev–Trinajstić information content (AvgIpc) is 2.80. The van der Waals surface area contributed by atoms with Crippen LogP contribution in [0.5, 0.6) is 5.75 Å². The number of hydrogen-bond donors (Lipinski definition) is 2. The number of rotatable bonds is 9. The van der Waals surface area contributed by atoms with Gasteiger partial charge in [-0.1, -0.05) is 41.9 Å². The first-order valence-electron chi connectivity index (χ1n) is 10.5. The Labute approximate surface area is 206 Å². The molecule has 0 fully saturated rings. The van der Waals surface area contributed by atoms with Crippen molar-refractivity contribution < 1.29 is 31.1 Å². The number of sulfonamides is 1. The van der Waals surface area contributed by atoms with Crippen molar-refractivity contribution in [2.24, 2.45) is 0 Å². The molecule has 1 amide bonds. The van der Waals surface area contributed by atoms with Gasteiger partial charge in [0.05, 0.1) is 12.2 Å². The molecule has 1 unspecified atom stereocenters. The van der Waals surface area contributed by atoms with E-state index in [4.69, 9.17) is 16.3 Å². The molecule has 0 aromatic heterocycles. The quantitative estimate of drug-likeness (QED) is 0.397. The van der Waals surface area contributed by atoms with Crippen LogP contribution in [0.3, 0.4) is 0 Å². The molecule has 3 aromatic rings. The second-order valence-corrected chi connectivity index (χ2v) is 9.57. The molecule has 0 saturated heterocycles. The smallest absolute Gasteiger partial charge is 0.416 e. The number of ether oxygens (including phenoxy) is 1. The molecular weight excluding hydrogens is 505 g/mol. The van der Waals surface area contributed by atoms with Gasteiger partial charge in [-0.2, -0.15) is 17.9 Å². The van der Waals surface area contributed by atoms with Crippen LogP contribution in [0.15, 0.2) is 77.7 Å². The summed E-state index contributed by atoms with van der Waals surface area (Å²) >= 11 is 6.00. The Morgan fingerprint density at radius 1 is 1.03 bits per heavy atom. The average molecular weight is 527 g/mol. The molecule has 0 aliphatic carbocycles. The third-order valence-corrected chi connectivity index (χ3v) is 6.60. The van der Waals surface area contributed by atoms with E-state index in [0.29, 0.717) is 5.56 Å². The molecule has 0 spiro atoms. The lowest BCUT2D eigenvalue weighted by Crippen LogP contribution is -2.45. The number of halogens is 4. The minimum atomic E-state index is -4.52. The molecule has 11 heteroatoms. The topological polar surface area (TPSA) is 84.5 Å². The predicted octanol–water partition coefficient (Wildman–Crippen LogP) is 5.29. The van der Waals surface area contributed by atoms with Crippen LogP contribution in [0.2, 0.25) is 5.02 Å². The molecule has 2 N–H and O–H groups in total. The van der Waals surface area contributed by atoms with Crippen molar-refractivity contribution >= 4 is 33.2 Å². The summed E-state index contributed by atoms with van der Waals surface area (Å²) in [5.41, 5.74) is -0.127. The van der Waals surface area contributed by atoms with E-state index in [9.17, 15) is 26.4 Å². The van der Waals surface area contributed by atoms with Crippen molar-refractivity contribution in [3.05, 3.63) is 88.9 Å². The zero-order valence-electron chi connectivity index (χ0n) is 18.5. The van der Waals surface area contributed by atoms with Crippen LogP contribution in [-0.2, 0) is 27.4 Å². The third kappa shape index (κ3) is 7.20. The monoisotopic (exact) mass is 526 g/mol. The highest BCUT2D eigenvalue weighted by molar-refractivity contribution is 7.89. The van der Waals surface area contributed by atoms with Crippen molar-refractivity contribution in [2.45, 2.75) is 30.5 Å². The summed E-state index contributed by atoms with van der Waals surface area (Å²) < 4.78 is 72.8. The molecule has 35 heavy (non-hydrogen) atoms. The molecular formula is C24H22ClF3N2O4S. The van der Waals surface area contributed by atoms with E-state index >= 15 is 0 Å². The number of anilines is 1. The van der Waals surface area contributed by atoms with Gasteiger partial charge in [-0.3, -0.25) is 4.79 Å². The number of nitrogens with one attached hydrogen (secondary N) is 2. The van der Waals surface area contributed by atoms with Crippen molar-refractivity contribution in [1.82, 2.24) is 4.72 Å². The minimum absolute atomic E-state index is 0.0168. The van der Waals surface area contributed by atoms with E-state index < -0.39 is 33.7 Å². The van der Waals surface area contributed by atoms with Gasteiger partial charge in [-0.05, 0) is 61.4 Å². The van der Waals surface area contributed by atoms with Gasteiger partial charge in [0, 0.05) is 10.7 Å². The standard InChI is InChI=1S/C24H22ClF3N2O4S/c1-2-34-21-13-10-18(25)15-22(21)35(32,33)30-20(14-16-6-4-3-5-7-16)23(31)29-19-11-8-17(9-12-19)24(26,27)28/h3-13,15,20,30H,2,14H2,1H3,(H,29,31). The van der Waals surface area contributed by atoms with E-state index in [1.165, 1.54) is 18.2 Å². The lowest BCUT2D eigenvalue weighted by Gasteiger charge is -2.20. The van der Waals surface area contributed by atoms with E-state index in [1.54, 1.807) is 37.3 Å². The van der Waals surface area contributed by atoms with Crippen LogP contribution < -0.4 is 14.8 Å². The summed E-state index contributed by atoms with van der Waals surface area (Å²) in [5, 5.41) is 2.63. The highest BCUT2D eigenvalue weighted by atomic mass is 35.5. The zero-order chi connectivity index (χ0) is 25.6. The van der Waals surface area contributed by atoms with E-state index in [-0.39, 0.29) is 34.4 Å². The van der Waals surface area contributed by atoms with Gasteiger partial charge in [-0.25, -0.2) is 8.42 Å². The molecule has 3 rings (SSSR count). The van der Waals surface area contributed by atoms with Crippen molar-refractivity contribution in [3.8, 4) is 5.75 Å². The van der Waals surface area contributed by atoms with Crippen LogP contribution in [-0.4, -0.2) is 27.0 Å². The second kappa shape index (κ2) is 11.1. The Morgan fingerprint density at radius 3 is 2.29 bits per heavy atom. The molecule has 0 bridgehead atoms. The molecule has 1 atom stereocenters. The third-order valence-electron chi connectivity index (χ3n) is 4.87. The summed E-state index contributed by atoms with van der Waals surface area (Å²) in [7, 11) is -4.29. The highest BCUT2D eigenvalue weighted by Crippen LogP contribution is 2.30. The summed E-state index contributed by atoms with van der Waals surface area (Å²) in [5.74, 6) is -0.691. The summed E-state index contributed by atoms with van der Waals surface area (Å²) in [6, 6.07) is 15.3. The van der Waals surface area contributed by atoms with Gasteiger partial charge in [0.25, 0.3) is 0 Å². The number of benzene rings is 3. The molecule has 0 aliphatic heterocycles. The fourth-order valence-electron chi connectivity index (χ4n) is 3.23. The van der Waals surface area contributed by atoms with E-state index in [1.807, 2.05) is 0 Å². The van der Waals surface area contributed by atoms with Crippen molar-refractivity contribution in [3.63, 3.8) is 0 Å². The van der Waals surface area contributed by atoms with Gasteiger partial charge in [0.15, 0.2) is 0 Å². The van der Waals surface area contributed by atoms with Crippen LogP contribution in [0.25, 0.3) is 0 Å². The van der Waals surface area contributed by atoms with Crippen molar-refractivity contribution in [2.75, 3.05) is 11.9 Å². The Balaban J connectivity index is 1.90. The normalized spacial score (nSPS) is 12.7. The van der Waals surface area contributed by atoms with Crippen LogP contribution in [0, 0.1) is 0 Å². The molecule has 0 radical (unpaired) electrons. The first-order valence-corrected chi connectivity index (χ1v) is 12.3. The predicted molar refractivity (Wildman–Crippen MR) is 127 cm³/mol. The maximum absolute atomic E-state index is 13.2. The van der Waals surface area contributed by atoms with Gasteiger partial charge >= 0.3 is 6.18 Å². The Hall–Kier alpha value is -3.08. The molecule has 6 nitrogen and oxygen atoms in total. The van der Waals surface area contributed by atoms with Gasteiger partial charge in [0.2, 0.25) is 15.9 Å². The van der Waals surface area contributed by atoms with Gasteiger partial charge < -0.3 is 10.1 Å². The van der Waals surface area contributed by atoms with E-state index in [2.05, 4.69) is 10.0 Å². The van der Waals surface area contributed by atoms with Crippen molar-refractivity contribution in [1.29, 1.82) is 0 Å². The second-order valence-electron chi connectivity index (χ2n) is 7.45. The Kier molecular flexibility index (Phi) is 8.42. The van der Waals surface area contributed by atoms with E-state index in [0.717, 1.165) is 24.3 Å². The van der Waals surface area contributed by atoms with Gasteiger partial charge in [0.1, 0.15) is 16.7 Å². The molecule has 186 valence electrons. The largest absolute Gasteiger partial charge is 0.492 e. The molecule has 0 aliphatic rings. The highest BCUT2D eigenvalue weighted by Gasteiger charge is 2.31. The fourth-order valence-corrected chi connectivity index (χ4v) is 4.83. The summed E-state index contributed by atoms with van der Waals surface area (Å²) in [4.78, 5) is 12.8. The maximum atomic E-state index is 13.2. The Bertz CT molecular complexity index is 1270. The number of carbonyl (C=O) groups excluding carboxylic acids is 1. The zero-order valence-corrected chi connectivity index (χ0v) is 20.0. The maximum Gasteiger partial charge on any atom is 0.416 e. The van der Waals surface area contributed by atoms with Crippen LogP contribution >= 0.6 is 11.6 Å². The number of amides is 1. The first kappa shape index (κ1) is 26.5.